The van der Waals surface area contributed by atoms with Crippen LogP contribution >= 0.6 is 0 Å². The van der Waals surface area contributed by atoms with E-state index in [1.54, 1.807) is 0 Å². The predicted octanol–water partition coefficient (Wildman–Crippen LogP) is 3.95. The zero-order valence-corrected chi connectivity index (χ0v) is 8.29. The molecule has 0 N–H and O–H groups in total. The van der Waals surface area contributed by atoms with Gasteiger partial charge >= 0.3 is 0 Å². The lowest BCUT2D eigenvalue weighted by atomic mass is 9.80. The van der Waals surface area contributed by atoms with Crippen LogP contribution < -0.4 is 0 Å². The van der Waals surface area contributed by atoms with E-state index in [2.05, 4.69) is 38.2 Å². The summed E-state index contributed by atoms with van der Waals surface area (Å²) >= 11 is 0. The fourth-order valence-corrected chi connectivity index (χ4v) is 1.95. The predicted molar refractivity (Wildman–Crippen MR) is 55.1 cm³/mol. The van der Waals surface area contributed by atoms with Gasteiger partial charge in [0.15, 0.2) is 0 Å². The molecule has 0 spiro atoms. The van der Waals surface area contributed by atoms with Gasteiger partial charge in [-0.25, -0.2) is 0 Å². The fraction of sp³-hybridized carbons (Fsp3) is 0.667. The Kier molecular flexibility index (Phi) is 4.13. The Morgan fingerprint density at radius 3 is 2.50 bits per heavy atom. The third-order valence-corrected chi connectivity index (χ3v) is 2.84. The molecule has 0 aromatic rings. The second-order valence-electron chi connectivity index (χ2n) is 3.84. The quantitative estimate of drug-likeness (QED) is 0.542. The monoisotopic (exact) mass is 164 g/mol. The van der Waals surface area contributed by atoms with Crippen molar-refractivity contribution < 1.29 is 0 Å². The lowest BCUT2D eigenvalue weighted by molar-refractivity contribution is 0.306. The van der Waals surface area contributed by atoms with Crippen molar-refractivity contribution in [3.63, 3.8) is 0 Å². The maximum absolute atomic E-state index is 2.38. The van der Waals surface area contributed by atoms with Crippen molar-refractivity contribution in [1.29, 1.82) is 0 Å². The van der Waals surface area contributed by atoms with Crippen molar-refractivity contribution in [2.24, 2.45) is 11.8 Å². The molecule has 0 aliphatic heterocycles. The molecule has 1 rings (SSSR count). The molecule has 0 unspecified atom stereocenters. The molecule has 2 atom stereocenters. The van der Waals surface area contributed by atoms with Crippen molar-refractivity contribution in [3.8, 4) is 0 Å². The van der Waals surface area contributed by atoms with E-state index >= 15 is 0 Å². The van der Waals surface area contributed by atoms with E-state index in [1.807, 2.05) is 0 Å². The molecule has 0 bridgehead atoms. The van der Waals surface area contributed by atoms with Gasteiger partial charge < -0.3 is 0 Å². The summed E-state index contributed by atoms with van der Waals surface area (Å²) in [6, 6.07) is 0. The zero-order chi connectivity index (χ0) is 8.81. The Morgan fingerprint density at radius 2 is 1.83 bits per heavy atom. The molecule has 1 aliphatic carbocycles. The van der Waals surface area contributed by atoms with Gasteiger partial charge in [0, 0.05) is 0 Å². The molecule has 0 saturated heterocycles. The van der Waals surface area contributed by atoms with Crippen LogP contribution in [0.5, 0.6) is 0 Å². The maximum atomic E-state index is 2.38. The Morgan fingerprint density at radius 1 is 1.08 bits per heavy atom. The maximum Gasteiger partial charge on any atom is -0.0205 e. The molecule has 0 heterocycles. The highest BCUT2D eigenvalue weighted by Crippen LogP contribution is 2.30. The van der Waals surface area contributed by atoms with Gasteiger partial charge in [0.2, 0.25) is 0 Å². The van der Waals surface area contributed by atoms with Crippen molar-refractivity contribution in [1.82, 2.24) is 0 Å². The van der Waals surface area contributed by atoms with Crippen molar-refractivity contribution in [2.45, 2.75) is 39.5 Å². The van der Waals surface area contributed by atoms with Crippen molar-refractivity contribution >= 4 is 0 Å². The third-order valence-electron chi connectivity index (χ3n) is 2.84. The molecule has 0 nitrogen and oxygen atoms in total. The van der Waals surface area contributed by atoms with Crippen LogP contribution in [0.15, 0.2) is 24.3 Å². The molecule has 0 radical (unpaired) electrons. The van der Waals surface area contributed by atoms with E-state index in [9.17, 15) is 0 Å². The van der Waals surface area contributed by atoms with E-state index < -0.39 is 0 Å². The molecule has 0 aromatic heterocycles. The first-order valence-corrected chi connectivity index (χ1v) is 5.14. The lowest BCUT2D eigenvalue weighted by Crippen LogP contribution is -2.13. The Bertz CT molecular complexity index is 165. The minimum absolute atomic E-state index is 0.843. The van der Waals surface area contributed by atoms with Crippen LogP contribution in [-0.4, -0.2) is 0 Å². The number of hydrogen-bond acceptors (Lipinski definition) is 0. The molecule has 0 aromatic carbocycles. The van der Waals surface area contributed by atoms with E-state index in [1.165, 1.54) is 25.7 Å². The Balaban J connectivity index is 2.38. The van der Waals surface area contributed by atoms with E-state index in [-0.39, 0.29) is 0 Å². The molecule has 1 fully saturated rings. The molecule has 0 amide bonds. The first kappa shape index (κ1) is 9.57. The lowest BCUT2D eigenvalue weighted by Gasteiger charge is -2.25. The summed E-state index contributed by atoms with van der Waals surface area (Å²) in [5.74, 6) is 1.75. The van der Waals surface area contributed by atoms with Gasteiger partial charge in [-0.15, -0.1) is 0 Å². The summed E-state index contributed by atoms with van der Waals surface area (Å²) < 4.78 is 0. The first-order chi connectivity index (χ1) is 5.84. The summed E-state index contributed by atoms with van der Waals surface area (Å²) in [5, 5.41) is 0. The van der Waals surface area contributed by atoms with E-state index in [4.69, 9.17) is 0 Å². The molecule has 1 saturated carbocycles. The van der Waals surface area contributed by atoms with Crippen LogP contribution in [0.1, 0.15) is 39.5 Å². The van der Waals surface area contributed by atoms with Crippen LogP contribution in [0.3, 0.4) is 0 Å². The third kappa shape index (κ3) is 2.84. The van der Waals surface area contributed by atoms with Gasteiger partial charge in [0.1, 0.15) is 0 Å². The second kappa shape index (κ2) is 5.18. The highest BCUT2D eigenvalue weighted by atomic mass is 14.2. The van der Waals surface area contributed by atoms with Gasteiger partial charge in [0.05, 0.1) is 0 Å². The van der Waals surface area contributed by atoms with Crippen LogP contribution in [0.2, 0.25) is 0 Å². The normalized spacial score (nSPS) is 31.8. The van der Waals surface area contributed by atoms with Gasteiger partial charge in [-0.3, -0.25) is 0 Å². The highest BCUT2D eigenvalue weighted by molar-refractivity contribution is 5.04. The summed E-state index contributed by atoms with van der Waals surface area (Å²) in [7, 11) is 0. The summed E-state index contributed by atoms with van der Waals surface area (Å²) in [6.07, 6.45) is 14.5. The SMILES string of the molecule is C/C=C/C=C/[C@H]1CCCC[C@@H]1C. The van der Waals surface area contributed by atoms with Gasteiger partial charge in [-0.2, -0.15) is 0 Å². The second-order valence-corrected chi connectivity index (χ2v) is 3.84. The van der Waals surface area contributed by atoms with E-state index in [0.717, 1.165) is 11.8 Å². The summed E-state index contributed by atoms with van der Waals surface area (Å²) in [4.78, 5) is 0. The van der Waals surface area contributed by atoms with Gasteiger partial charge in [-0.05, 0) is 25.2 Å². The largest absolute Gasteiger partial charge is 0.0877 e. The minimum atomic E-state index is 0.843. The fourth-order valence-electron chi connectivity index (χ4n) is 1.95. The van der Waals surface area contributed by atoms with Crippen LogP contribution in [0, 0.1) is 11.8 Å². The topological polar surface area (TPSA) is 0 Å². The van der Waals surface area contributed by atoms with Crippen LogP contribution in [0.25, 0.3) is 0 Å². The zero-order valence-electron chi connectivity index (χ0n) is 8.29. The molecular formula is C12H20. The molecule has 68 valence electrons. The van der Waals surface area contributed by atoms with E-state index in [0.29, 0.717) is 0 Å². The first-order valence-electron chi connectivity index (χ1n) is 5.14. The molecule has 12 heavy (non-hydrogen) atoms. The number of hydrogen-bond donors (Lipinski definition) is 0. The number of rotatable bonds is 2. The van der Waals surface area contributed by atoms with Crippen LogP contribution in [0.4, 0.5) is 0 Å². The Hall–Kier alpha value is -0.520. The Labute approximate surface area is 76.4 Å². The van der Waals surface area contributed by atoms with Crippen LogP contribution in [-0.2, 0) is 0 Å². The smallest absolute Gasteiger partial charge is 0.0205 e. The average Bonchev–Trinajstić information content (AvgIpc) is 2.09. The van der Waals surface area contributed by atoms with Gasteiger partial charge in [-0.1, -0.05) is 50.5 Å². The van der Waals surface area contributed by atoms with Crippen molar-refractivity contribution in [2.75, 3.05) is 0 Å². The minimum Gasteiger partial charge on any atom is -0.0877 e. The molecule has 0 heteroatoms. The molecular weight excluding hydrogens is 144 g/mol. The number of allylic oxidation sites excluding steroid dienone is 4. The van der Waals surface area contributed by atoms with Gasteiger partial charge in [0.25, 0.3) is 0 Å². The summed E-state index contributed by atoms with van der Waals surface area (Å²) in [5.41, 5.74) is 0. The summed E-state index contributed by atoms with van der Waals surface area (Å²) in [6.45, 7) is 4.44. The van der Waals surface area contributed by atoms with Crippen molar-refractivity contribution in [3.05, 3.63) is 24.3 Å². The standard InChI is InChI=1S/C12H20/c1-3-4-5-9-12-10-7-6-8-11(12)2/h3-5,9,11-12H,6-8,10H2,1-2H3/b4-3+,9-5+/t11-,12-/m0/s1. The average molecular weight is 164 g/mol. The highest BCUT2D eigenvalue weighted by Gasteiger charge is 2.17. The molecule has 1 aliphatic rings.